The van der Waals surface area contributed by atoms with Crippen LogP contribution in [0.1, 0.15) is 27.4 Å². The molecule has 27 heavy (non-hydrogen) atoms. The number of fused-ring (bicyclic) bond motifs is 1. The molecule has 0 aliphatic carbocycles. The van der Waals surface area contributed by atoms with Gasteiger partial charge in [-0.15, -0.1) is 0 Å². The van der Waals surface area contributed by atoms with E-state index in [9.17, 15) is 9.59 Å². The molecular weight excluding hydrogens is 342 g/mol. The number of hydrogen-bond acceptors (Lipinski definition) is 3. The van der Waals surface area contributed by atoms with Crippen LogP contribution in [0.25, 0.3) is 10.9 Å². The fourth-order valence-electron chi connectivity index (χ4n) is 3.70. The summed E-state index contributed by atoms with van der Waals surface area (Å²) in [6.07, 6.45) is 1.87. The molecule has 1 aromatic carbocycles. The Labute approximate surface area is 157 Å². The number of nitrogens with one attached hydrogen (secondary N) is 1. The summed E-state index contributed by atoms with van der Waals surface area (Å²) >= 11 is 0. The van der Waals surface area contributed by atoms with Gasteiger partial charge >= 0.3 is 0 Å². The molecule has 0 unspecified atom stereocenters. The third kappa shape index (κ3) is 3.35. The second kappa shape index (κ2) is 6.95. The van der Waals surface area contributed by atoms with Crippen molar-refractivity contribution in [2.45, 2.75) is 20.3 Å². The zero-order chi connectivity index (χ0) is 19.0. The minimum absolute atomic E-state index is 0.102. The zero-order valence-corrected chi connectivity index (χ0v) is 15.6. The van der Waals surface area contributed by atoms with E-state index in [-0.39, 0.29) is 11.8 Å². The molecule has 0 atom stereocenters. The molecule has 1 saturated heterocycles. The Morgan fingerprint density at radius 1 is 1.07 bits per heavy atom. The van der Waals surface area contributed by atoms with E-state index in [0.29, 0.717) is 38.4 Å². The van der Waals surface area contributed by atoms with E-state index < -0.39 is 0 Å². The van der Waals surface area contributed by atoms with Gasteiger partial charge in [-0.05, 0) is 43.7 Å². The number of aromatic amines is 1. The molecule has 140 valence electrons. The van der Waals surface area contributed by atoms with Crippen LogP contribution in [0.5, 0.6) is 0 Å². The molecule has 3 heterocycles. The number of hydrogen-bond donors (Lipinski definition) is 1. The molecule has 1 aliphatic rings. The number of H-pyrrole nitrogens is 1. The minimum Gasteiger partial charge on any atom is -0.459 e. The van der Waals surface area contributed by atoms with E-state index >= 15 is 0 Å². The summed E-state index contributed by atoms with van der Waals surface area (Å²) in [5.74, 6) is 0.334. The van der Waals surface area contributed by atoms with E-state index in [2.05, 4.69) is 30.1 Å². The largest absolute Gasteiger partial charge is 0.459 e. The van der Waals surface area contributed by atoms with E-state index in [1.54, 1.807) is 17.0 Å². The first-order valence-corrected chi connectivity index (χ1v) is 9.21. The number of amides is 2. The monoisotopic (exact) mass is 365 g/mol. The first-order valence-electron chi connectivity index (χ1n) is 9.21. The first-order chi connectivity index (χ1) is 13.0. The van der Waals surface area contributed by atoms with Crippen molar-refractivity contribution in [3.8, 4) is 0 Å². The van der Waals surface area contributed by atoms with Crippen LogP contribution in [0.15, 0.2) is 41.0 Å². The maximum absolute atomic E-state index is 12.8. The number of carbonyl (C=O) groups excluding carboxylic acids is 2. The number of aromatic nitrogens is 1. The number of nitrogens with zero attached hydrogens (tertiary/aromatic N) is 2. The highest BCUT2D eigenvalue weighted by atomic mass is 16.3. The summed E-state index contributed by atoms with van der Waals surface area (Å²) in [6.45, 7) is 6.21. The number of rotatable bonds is 3. The van der Waals surface area contributed by atoms with Gasteiger partial charge in [-0.2, -0.15) is 0 Å². The number of benzene rings is 1. The van der Waals surface area contributed by atoms with Gasteiger partial charge in [0.15, 0.2) is 5.76 Å². The normalized spacial score (nSPS) is 14.7. The third-order valence-corrected chi connectivity index (χ3v) is 5.25. The minimum atomic E-state index is -0.116. The predicted octanol–water partition coefficient (Wildman–Crippen LogP) is 2.90. The van der Waals surface area contributed by atoms with Gasteiger partial charge in [-0.3, -0.25) is 9.59 Å². The molecule has 0 radical (unpaired) electrons. The quantitative estimate of drug-likeness (QED) is 0.776. The Kier molecular flexibility index (Phi) is 4.48. The highest BCUT2D eigenvalue weighted by molar-refractivity contribution is 5.92. The van der Waals surface area contributed by atoms with Crippen LogP contribution in [-0.2, 0) is 11.2 Å². The molecule has 1 N–H and O–H groups in total. The van der Waals surface area contributed by atoms with Crippen molar-refractivity contribution in [1.82, 2.24) is 14.8 Å². The van der Waals surface area contributed by atoms with Crippen LogP contribution in [0.2, 0.25) is 0 Å². The lowest BCUT2D eigenvalue weighted by atomic mass is 10.0. The van der Waals surface area contributed by atoms with Crippen molar-refractivity contribution in [3.63, 3.8) is 0 Å². The van der Waals surface area contributed by atoms with Gasteiger partial charge in [0.2, 0.25) is 5.91 Å². The summed E-state index contributed by atoms with van der Waals surface area (Å²) in [4.78, 5) is 32.1. The molecule has 4 rings (SSSR count). The first kappa shape index (κ1) is 17.4. The second-order valence-electron chi connectivity index (χ2n) is 7.10. The van der Waals surface area contributed by atoms with E-state index in [0.717, 1.165) is 22.2 Å². The number of carbonyl (C=O) groups is 2. The van der Waals surface area contributed by atoms with Crippen LogP contribution in [-0.4, -0.2) is 52.8 Å². The summed E-state index contributed by atoms with van der Waals surface area (Å²) in [5, 5.41) is 1.12. The fraction of sp³-hybridized carbons (Fsp3) is 0.333. The highest BCUT2D eigenvalue weighted by Crippen LogP contribution is 2.24. The lowest BCUT2D eigenvalue weighted by Crippen LogP contribution is -2.51. The van der Waals surface area contributed by atoms with E-state index in [1.807, 2.05) is 11.8 Å². The molecule has 6 heteroatoms. The van der Waals surface area contributed by atoms with Gasteiger partial charge in [0, 0.05) is 42.8 Å². The van der Waals surface area contributed by atoms with Gasteiger partial charge in [0.05, 0.1) is 12.7 Å². The standard InChI is InChI=1S/C21H23N3O3/c1-14-5-6-18-17(12-14)16(15(2)22-18)13-20(25)23-7-9-24(10-8-23)21(26)19-4-3-11-27-19/h3-6,11-12,22H,7-10,13H2,1-2H3. The van der Waals surface area contributed by atoms with Gasteiger partial charge in [-0.1, -0.05) is 11.6 Å². The van der Waals surface area contributed by atoms with Crippen LogP contribution in [0.3, 0.4) is 0 Å². The van der Waals surface area contributed by atoms with Crippen molar-refractivity contribution < 1.29 is 14.0 Å². The lowest BCUT2D eigenvalue weighted by Gasteiger charge is -2.34. The van der Waals surface area contributed by atoms with Crippen molar-refractivity contribution >= 4 is 22.7 Å². The molecule has 2 amide bonds. The highest BCUT2D eigenvalue weighted by Gasteiger charge is 2.26. The molecule has 1 aliphatic heterocycles. The van der Waals surface area contributed by atoms with Crippen LogP contribution in [0.4, 0.5) is 0 Å². The Bertz CT molecular complexity index is 980. The topological polar surface area (TPSA) is 69.6 Å². The Morgan fingerprint density at radius 2 is 1.81 bits per heavy atom. The predicted molar refractivity (Wildman–Crippen MR) is 103 cm³/mol. The Balaban J connectivity index is 1.42. The molecule has 1 fully saturated rings. The average Bonchev–Trinajstić information content (AvgIpc) is 3.30. The maximum atomic E-state index is 12.8. The van der Waals surface area contributed by atoms with Gasteiger partial charge in [-0.25, -0.2) is 0 Å². The van der Waals surface area contributed by atoms with Crippen molar-refractivity contribution in [2.24, 2.45) is 0 Å². The summed E-state index contributed by atoms with van der Waals surface area (Å²) < 4.78 is 5.18. The maximum Gasteiger partial charge on any atom is 0.289 e. The molecule has 0 spiro atoms. The van der Waals surface area contributed by atoms with Crippen LogP contribution >= 0.6 is 0 Å². The second-order valence-corrected chi connectivity index (χ2v) is 7.10. The van der Waals surface area contributed by atoms with E-state index in [1.165, 1.54) is 11.8 Å². The Hall–Kier alpha value is -3.02. The smallest absolute Gasteiger partial charge is 0.289 e. The molecule has 0 saturated carbocycles. The average molecular weight is 365 g/mol. The molecule has 6 nitrogen and oxygen atoms in total. The number of aryl methyl sites for hydroxylation is 2. The van der Waals surface area contributed by atoms with Crippen molar-refractivity contribution in [2.75, 3.05) is 26.2 Å². The number of piperazine rings is 1. The molecular formula is C21H23N3O3. The SMILES string of the molecule is Cc1ccc2[nH]c(C)c(CC(=O)N3CCN(C(=O)c4ccco4)CC3)c2c1. The van der Waals surface area contributed by atoms with Gasteiger partial charge < -0.3 is 19.2 Å². The molecule has 2 aromatic heterocycles. The van der Waals surface area contributed by atoms with Crippen LogP contribution < -0.4 is 0 Å². The summed E-state index contributed by atoms with van der Waals surface area (Å²) in [6, 6.07) is 9.63. The lowest BCUT2D eigenvalue weighted by molar-refractivity contribution is -0.131. The van der Waals surface area contributed by atoms with Crippen molar-refractivity contribution in [3.05, 3.63) is 59.2 Å². The zero-order valence-electron chi connectivity index (χ0n) is 15.6. The van der Waals surface area contributed by atoms with Crippen LogP contribution in [0, 0.1) is 13.8 Å². The van der Waals surface area contributed by atoms with E-state index in [4.69, 9.17) is 4.42 Å². The molecule has 0 bridgehead atoms. The fourth-order valence-corrected chi connectivity index (χ4v) is 3.70. The summed E-state index contributed by atoms with van der Waals surface area (Å²) in [5.41, 5.74) is 4.35. The number of furan rings is 1. The molecule has 3 aromatic rings. The van der Waals surface area contributed by atoms with Gasteiger partial charge in [0.1, 0.15) is 0 Å². The van der Waals surface area contributed by atoms with Gasteiger partial charge in [0.25, 0.3) is 5.91 Å². The summed E-state index contributed by atoms with van der Waals surface area (Å²) in [7, 11) is 0. The Morgan fingerprint density at radius 3 is 2.52 bits per heavy atom. The third-order valence-electron chi connectivity index (χ3n) is 5.25. The van der Waals surface area contributed by atoms with Crippen molar-refractivity contribution in [1.29, 1.82) is 0 Å².